The van der Waals surface area contributed by atoms with Crippen LogP contribution in [0.5, 0.6) is 0 Å². The summed E-state index contributed by atoms with van der Waals surface area (Å²) in [6.45, 7) is 3.61. The van der Waals surface area contributed by atoms with Crippen LogP contribution in [-0.2, 0) is 16.0 Å². The van der Waals surface area contributed by atoms with Crippen molar-refractivity contribution in [2.75, 3.05) is 13.1 Å². The molecule has 33 heavy (non-hydrogen) atoms. The van der Waals surface area contributed by atoms with E-state index in [1.54, 1.807) is 10.8 Å². The highest BCUT2D eigenvalue weighted by atomic mass is 16.5. The molecular weight excluding hydrogens is 416 g/mol. The molecule has 2 aliphatic heterocycles. The minimum Gasteiger partial charge on any atom is -0.469 e. The molecule has 2 unspecified atom stereocenters. The molecule has 1 N–H and O–H groups in total. The summed E-state index contributed by atoms with van der Waals surface area (Å²) in [5.74, 6) is 2.95. The third-order valence-electron chi connectivity index (χ3n) is 7.31. The third-order valence-corrected chi connectivity index (χ3v) is 7.31. The highest BCUT2D eigenvalue weighted by molar-refractivity contribution is 5.81. The van der Waals surface area contributed by atoms with Gasteiger partial charge in [-0.25, -0.2) is 14.5 Å². The number of fused-ring (bicyclic) bond motifs is 1. The molecule has 4 aliphatic rings. The van der Waals surface area contributed by atoms with Crippen molar-refractivity contribution in [1.82, 2.24) is 19.7 Å². The van der Waals surface area contributed by atoms with E-state index in [1.807, 2.05) is 24.0 Å². The van der Waals surface area contributed by atoms with Crippen LogP contribution in [0.4, 0.5) is 0 Å². The van der Waals surface area contributed by atoms with Gasteiger partial charge < -0.3 is 9.64 Å². The average Bonchev–Trinajstić information content (AvgIpc) is 3.21. The summed E-state index contributed by atoms with van der Waals surface area (Å²) >= 11 is 0. The van der Waals surface area contributed by atoms with Gasteiger partial charge in [-0.2, -0.15) is 5.10 Å². The summed E-state index contributed by atoms with van der Waals surface area (Å²) < 4.78 is 7.21. The van der Waals surface area contributed by atoms with Crippen LogP contribution in [0.25, 0.3) is 11.3 Å². The number of ether oxygens (including phenoxy) is 1. The van der Waals surface area contributed by atoms with E-state index in [0.717, 1.165) is 67.2 Å². The molecule has 1 aromatic heterocycles. The number of benzene rings is 1. The van der Waals surface area contributed by atoms with Gasteiger partial charge in [-0.1, -0.05) is 12.1 Å². The van der Waals surface area contributed by atoms with E-state index in [-0.39, 0.29) is 11.6 Å². The van der Waals surface area contributed by atoms with Gasteiger partial charge >= 0.3 is 5.69 Å². The predicted octanol–water partition coefficient (Wildman–Crippen LogP) is 3.50. The van der Waals surface area contributed by atoms with Gasteiger partial charge in [0.1, 0.15) is 11.6 Å². The molecule has 7 nitrogen and oxygen atoms in total. The first-order valence-electron chi connectivity index (χ1n) is 11.9. The SMILES string of the molecule is Cc1cc(C2=CC=C3OC=CC3C2)ccc1-n1c(CC2CCN(C(=O)C3CC3)C2)n[nH]c1=O. The van der Waals surface area contributed by atoms with E-state index in [1.165, 1.54) is 5.57 Å². The molecular formula is C26H28N4O3. The van der Waals surface area contributed by atoms with Crippen molar-refractivity contribution in [2.45, 2.75) is 39.0 Å². The van der Waals surface area contributed by atoms with E-state index in [0.29, 0.717) is 24.2 Å². The minimum atomic E-state index is -0.220. The lowest BCUT2D eigenvalue weighted by Crippen LogP contribution is -2.30. The Balaban J connectivity index is 1.22. The maximum atomic E-state index is 12.7. The summed E-state index contributed by atoms with van der Waals surface area (Å²) in [5, 5.41) is 6.98. The van der Waals surface area contributed by atoms with Crippen LogP contribution in [0, 0.1) is 24.7 Å². The molecule has 0 radical (unpaired) electrons. The molecule has 2 aromatic rings. The quantitative estimate of drug-likeness (QED) is 0.766. The number of amides is 1. The fourth-order valence-electron chi connectivity index (χ4n) is 5.30. The summed E-state index contributed by atoms with van der Waals surface area (Å²) in [7, 11) is 0. The van der Waals surface area contributed by atoms with Crippen molar-refractivity contribution in [3.05, 3.63) is 75.9 Å². The highest BCUT2D eigenvalue weighted by Crippen LogP contribution is 2.37. The van der Waals surface area contributed by atoms with Crippen molar-refractivity contribution in [3.63, 3.8) is 0 Å². The van der Waals surface area contributed by atoms with E-state index < -0.39 is 0 Å². The molecule has 3 heterocycles. The Morgan fingerprint density at radius 2 is 2.12 bits per heavy atom. The van der Waals surface area contributed by atoms with Crippen LogP contribution in [0.2, 0.25) is 0 Å². The lowest BCUT2D eigenvalue weighted by Gasteiger charge is -2.19. The van der Waals surface area contributed by atoms with Crippen LogP contribution >= 0.6 is 0 Å². The number of carbonyl (C=O) groups is 1. The molecule has 6 rings (SSSR count). The normalized spacial score (nSPS) is 23.8. The van der Waals surface area contributed by atoms with Gasteiger partial charge in [0.15, 0.2) is 0 Å². The van der Waals surface area contributed by atoms with Crippen LogP contribution in [-0.4, -0.2) is 38.7 Å². The molecule has 1 saturated carbocycles. The molecule has 0 spiro atoms. The second-order valence-electron chi connectivity index (χ2n) is 9.72. The standard InChI is InChI=1S/C26H28N4O3/c1-16-12-19(20-5-7-23-21(14-20)9-11-33-23)4-6-22(16)30-24(27-28-26(30)32)13-17-8-10-29(15-17)25(31)18-2-3-18/h4-7,9,11-12,17-18,21H,2-3,8,10,13-15H2,1H3,(H,28,32). The van der Waals surface area contributed by atoms with Gasteiger partial charge in [-0.15, -0.1) is 0 Å². The van der Waals surface area contributed by atoms with Gasteiger partial charge in [0, 0.05) is 31.3 Å². The number of aromatic nitrogens is 3. The molecule has 1 aromatic carbocycles. The van der Waals surface area contributed by atoms with Gasteiger partial charge in [0.2, 0.25) is 5.91 Å². The second kappa shape index (κ2) is 7.90. The Hall–Kier alpha value is -3.35. The number of rotatable bonds is 5. The lowest BCUT2D eigenvalue weighted by molar-refractivity contribution is -0.131. The van der Waals surface area contributed by atoms with E-state index in [2.05, 4.69) is 34.5 Å². The first-order valence-corrected chi connectivity index (χ1v) is 11.9. The Kier molecular flexibility index (Phi) is 4.85. The maximum Gasteiger partial charge on any atom is 0.347 e. The summed E-state index contributed by atoms with van der Waals surface area (Å²) in [6, 6.07) is 6.25. The molecule has 0 bridgehead atoms. The molecule has 1 saturated heterocycles. The van der Waals surface area contributed by atoms with E-state index in [4.69, 9.17) is 4.74 Å². The number of nitrogens with one attached hydrogen (secondary N) is 1. The number of carbonyl (C=O) groups excluding carboxylic acids is 1. The number of nitrogens with zero attached hydrogens (tertiary/aromatic N) is 3. The van der Waals surface area contributed by atoms with Crippen molar-refractivity contribution in [2.24, 2.45) is 17.8 Å². The lowest BCUT2D eigenvalue weighted by atomic mass is 9.88. The van der Waals surface area contributed by atoms with E-state index in [9.17, 15) is 9.59 Å². The maximum absolute atomic E-state index is 12.7. The molecule has 2 atom stereocenters. The van der Waals surface area contributed by atoms with Crippen molar-refractivity contribution in [3.8, 4) is 5.69 Å². The second-order valence-corrected chi connectivity index (χ2v) is 9.72. The first-order chi connectivity index (χ1) is 16.1. The zero-order chi connectivity index (χ0) is 22.5. The smallest absolute Gasteiger partial charge is 0.347 e. The largest absolute Gasteiger partial charge is 0.469 e. The fraction of sp³-hybridized carbons (Fsp3) is 0.423. The molecule has 2 aliphatic carbocycles. The van der Waals surface area contributed by atoms with E-state index >= 15 is 0 Å². The van der Waals surface area contributed by atoms with Crippen molar-refractivity contribution in [1.29, 1.82) is 0 Å². The predicted molar refractivity (Wildman–Crippen MR) is 124 cm³/mol. The van der Waals surface area contributed by atoms with Gasteiger partial charge in [0.25, 0.3) is 0 Å². The van der Waals surface area contributed by atoms with Crippen LogP contribution in [0.3, 0.4) is 0 Å². The van der Waals surface area contributed by atoms with Crippen molar-refractivity contribution < 1.29 is 9.53 Å². The highest BCUT2D eigenvalue weighted by Gasteiger charge is 2.37. The Morgan fingerprint density at radius 3 is 2.94 bits per heavy atom. The number of allylic oxidation sites excluding steroid dienone is 4. The molecule has 7 heteroatoms. The first kappa shape index (κ1) is 20.3. The summed E-state index contributed by atoms with van der Waals surface area (Å²) in [6.07, 6.45) is 12.7. The fourth-order valence-corrected chi connectivity index (χ4v) is 5.30. The van der Waals surface area contributed by atoms with Gasteiger partial charge in [-0.05, 0) is 79.5 Å². The summed E-state index contributed by atoms with van der Waals surface area (Å²) in [5.41, 5.74) is 4.09. The molecule has 2 fully saturated rings. The number of aryl methyl sites for hydroxylation is 1. The number of likely N-dealkylation sites (tertiary alicyclic amines) is 1. The topological polar surface area (TPSA) is 80.2 Å². The minimum absolute atomic E-state index is 0.220. The number of H-pyrrole nitrogens is 1. The van der Waals surface area contributed by atoms with Gasteiger partial charge in [-0.3, -0.25) is 4.79 Å². The Morgan fingerprint density at radius 1 is 1.24 bits per heavy atom. The average molecular weight is 445 g/mol. The van der Waals surface area contributed by atoms with Crippen LogP contribution in [0.1, 0.15) is 42.6 Å². The third kappa shape index (κ3) is 3.75. The van der Waals surface area contributed by atoms with Crippen LogP contribution in [0.15, 0.2) is 53.2 Å². The molecule has 1 amide bonds. The monoisotopic (exact) mass is 444 g/mol. The molecule has 170 valence electrons. The Bertz CT molecular complexity index is 1260. The zero-order valence-electron chi connectivity index (χ0n) is 18.8. The summed E-state index contributed by atoms with van der Waals surface area (Å²) in [4.78, 5) is 27.1. The number of hydrogen-bond acceptors (Lipinski definition) is 4. The number of hydrogen-bond donors (Lipinski definition) is 1. The zero-order valence-corrected chi connectivity index (χ0v) is 18.8. The van der Waals surface area contributed by atoms with Crippen molar-refractivity contribution >= 4 is 11.5 Å². The van der Waals surface area contributed by atoms with Gasteiger partial charge in [0.05, 0.1) is 11.9 Å². The number of aromatic amines is 1. The Labute approximate surface area is 192 Å². The van der Waals surface area contributed by atoms with Crippen LogP contribution < -0.4 is 5.69 Å².